The Morgan fingerprint density at radius 1 is 1.40 bits per heavy atom. The number of hydrogen-bond donors (Lipinski definition) is 2. The zero-order valence-corrected chi connectivity index (χ0v) is 6.40. The van der Waals surface area contributed by atoms with Crippen molar-refractivity contribution in [2.75, 3.05) is 6.54 Å². The lowest BCUT2D eigenvalue weighted by Gasteiger charge is -1.93. The van der Waals surface area contributed by atoms with E-state index in [9.17, 15) is 8.42 Å². The molecular weight excluding hydrogens is 162 g/mol. The summed E-state index contributed by atoms with van der Waals surface area (Å²) in [6.45, 7) is 2.09. The highest BCUT2D eigenvalue weighted by atomic mass is 32.2. The summed E-state index contributed by atoms with van der Waals surface area (Å²) in [5.41, 5.74) is 0. The summed E-state index contributed by atoms with van der Waals surface area (Å²) in [4.78, 5) is 0. The average Bonchev–Trinajstić information content (AvgIpc) is 1.59. The molecule has 0 aliphatic rings. The Balaban J connectivity index is -0.000000245. The second kappa shape index (κ2) is 6.90. The second-order valence-electron chi connectivity index (χ2n) is 1.37. The lowest BCUT2D eigenvalue weighted by atomic mass is 10.5. The molecule has 0 aromatic carbocycles. The van der Waals surface area contributed by atoms with Crippen molar-refractivity contribution in [1.29, 1.82) is 0 Å². The van der Waals surface area contributed by atoms with Gasteiger partial charge in [-0.15, -0.1) is 0 Å². The van der Waals surface area contributed by atoms with Crippen molar-refractivity contribution in [1.82, 2.24) is 4.72 Å². The number of rotatable bonds is 3. The van der Waals surface area contributed by atoms with Gasteiger partial charge in [-0.2, -0.15) is 13.1 Å². The van der Waals surface area contributed by atoms with Crippen LogP contribution >= 0.6 is 0 Å². The first-order chi connectivity index (χ1) is 3.56. The quantitative estimate of drug-likeness (QED) is 0.487. The fourth-order valence-electron chi connectivity index (χ4n) is 0.231. The minimum atomic E-state index is -3.94. The highest BCUT2D eigenvalue weighted by Crippen LogP contribution is 1.74. The van der Waals surface area contributed by atoms with E-state index in [2.05, 4.69) is 0 Å². The van der Waals surface area contributed by atoms with Crippen molar-refractivity contribution in [2.24, 2.45) is 0 Å². The summed E-state index contributed by atoms with van der Waals surface area (Å²) in [7, 11) is -3.94. The fraction of sp³-hybridized carbons (Fsp3) is 1.00. The average molecular weight is 175 g/mol. The Bertz CT molecular complexity index is 141. The molecule has 0 radical (unpaired) electrons. The standard InChI is InChI=1S/C3H9NO3S.2H2O/c1-2-3-4-8(5,6)7;;/h4H,2-3H2,1H3,(H,5,6,7);2*1H2. The van der Waals surface area contributed by atoms with Crippen LogP contribution in [0.1, 0.15) is 13.3 Å². The first kappa shape index (κ1) is 16.4. The Morgan fingerprint density at radius 2 is 1.80 bits per heavy atom. The van der Waals surface area contributed by atoms with Crippen molar-refractivity contribution >= 4 is 10.3 Å². The second-order valence-corrected chi connectivity index (χ2v) is 2.61. The van der Waals surface area contributed by atoms with Crippen molar-refractivity contribution < 1.29 is 23.9 Å². The molecule has 0 aliphatic heterocycles. The molecule has 0 aliphatic carbocycles. The molecule has 0 bridgehead atoms. The molecule has 66 valence electrons. The summed E-state index contributed by atoms with van der Waals surface area (Å²) in [5.74, 6) is 0. The Morgan fingerprint density at radius 3 is 1.90 bits per heavy atom. The summed E-state index contributed by atoms with van der Waals surface area (Å²) in [6, 6.07) is 0. The van der Waals surface area contributed by atoms with Gasteiger partial charge in [0.15, 0.2) is 0 Å². The molecular formula is C3H13NO5S. The van der Waals surface area contributed by atoms with Crippen LogP contribution in [0.5, 0.6) is 0 Å². The van der Waals surface area contributed by atoms with Gasteiger partial charge in [0.25, 0.3) is 0 Å². The molecule has 0 saturated heterocycles. The highest BCUT2D eigenvalue weighted by molar-refractivity contribution is 7.83. The van der Waals surface area contributed by atoms with Crippen LogP contribution in [0.4, 0.5) is 0 Å². The third-order valence-corrected chi connectivity index (χ3v) is 1.10. The van der Waals surface area contributed by atoms with Crippen LogP contribution in [0.2, 0.25) is 0 Å². The predicted octanol–water partition coefficient (Wildman–Crippen LogP) is -1.86. The van der Waals surface area contributed by atoms with Crippen LogP contribution in [0.3, 0.4) is 0 Å². The van der Waals surface area contributed by atoms with E-state index in [1.807, 2.05) is 4.72 Å². The Hall–Kier alpha value is -0.210. The minimum absolute atomic E-state index is 0. The van der Waals surface area contributed by atoms with Gasteiger partial charge in [-0.1, -0.05) is 6.92 Å². The number of nitrogens with one attached hydrogen (secondary N) is 1. The maximum absolute atomic E-state index is 9.83. The first-order valence-electron chi connectivity index (χ1n) is 2.28. The minimum Gasteiger partial charge on any atom is -0.412 e. The van der Waals surface area contributed by atoms with Crippen molar-refractivity contribution in [3.63, 3.8) is 0 Å². The monoisotopic (exact) mass is 175 g/mol. The van der Waals surface area contributed by atoms with E-state index in [1.54, 1.807) is 6.92 Å². The molecule has 0 atom stereocenters. The zero-order valence-electron chi connectivity index (χ0n) is 5.59. The first-order valence-corrected chi connectivity index (χ1v) is 3.72. The van der Waals surface area contributed by atoms with E-state index in [1.165, 1.54) is 0 Å². The molecule has 0 unspecified atom stereocenters. The summed E-state index contributed by atoms with van der Waals surface area (Å²) >= 11 is 0. The molecule has 6 N–H and O–H groups in total. The van der Waals surface area contributed by atoms with Gasteiger partial charge < -0.3 is 11.0 Å². The maximum atomic E-state index is 9.83. The fourth-order valence-corrected chi connectivity index (χ4v) is 0.693. The van der Waals surface area contributed by atoms with Gasteiger partial charge >= 0.3 is 10.3 Å². The van der Waals surface area contributed by atoms with Crippen LogP contribution in [-0.2, 0) is 10.3 Å². The van der Waals surface area contributed by atoms with Gasteiger partial charge in [0.05, 0.1) is 0 Å². The van der Waals surface area contributed by atoms with E-state index in [0.29, 0.717) is 13.0 Å². The van der Waals surface area contributed by atoms with Crippen LogP contribution in [-0.4, -0.2) is 30.5 Å². The molecule has 10 heavy (non-hydrogen) atoms. The normalized spacial score (nSPS) is 9.40. The van der Waals surface area contributed by atoms with E-state index in [-0.39, 0.29) is 11.0 Å². The maximum Gasteiger partial charge on any atom is 0.333 e. The van der Waals surface area contributed by atoms with E-state index in [0.717, 1.165) is 0 Å². The van der Waals surface area contributed by atoms with Gasteiger partial charge in [0.1, 0.15) is 0 Å². The van der Waals surface area contributed by atoms with Crippen LogP contribution in [0.15, 0.2) is 0 Å². The third kappa shape index (κ3) is 15.7. The van der Waals surface area contributed by atoms with E-state index >= 15 is 0 Å². The number of hydrogen-bond acceptors (Lipinski definition) is 2. The predicted molar refractivity (Wildman–Crippen MR) is 37.1 cm³/mol. The van der Waals surface area contributed by atoms with Crippen LogP contribution < -0.4 is 4.72 Å². The highest BCUT2D eigenvalue weighted by Gasteiger charge is 1.97. The molecule has 0 saturated carbocycles. The molecule has 7 heteroatoms. The molecule has 0 aromatic rings. The zero-order chi connectivity index (χ0) is 6.62. The lowest BCUT2D eigenvalue weighted by molar-refractivity contribution is 0.467. The summed E-state index contributed by atoms with van der Waals surface area (Å²) < 4.78 is 29.6. The molecule has 0 heterocycles. The van der Waals surface area contributed by atoms with Crippen LogP contribution in [0.25, 0.3) is 0 Å². The van der Waals surface area contributed by atoms with E-state index in [4.69, 9.17) is 4.55 Å². The van der Waals surface area contributed by atoms with Crippen molar-refractivity contribution in [2.45, 2.75) is 13.3 Å². The SMILES string of the molecule is CCCNS(=O)(=O)O.O.O. The molecule has 0 fully saturated rings. The van der Waals surface area contributed by atoms with Gasteiger partial charge in [0.2, 0.25) is 0 Å². The molecule has 0 aromatic heterocycles. The molecule has 0 spiro atoms. The third-order valence-electron chi connectivity index (χ3n) is 0.534. The smallest absolute Gasteiger partial charge is 0.333 e. The Labute approximate surface area is 59.7 Å². The molecule has 6 nitrogen and oxygen atoms in total. The van der Waals surface area contributed by atoms with Crippen molar-refractivity contribution in [3.8, 4) is 0 Å². The van der Waals surface area contributed by atoms with Gasteiger partial charge in [-0.3, -0.25) is 4.55 Å². The summed E-state index contributed by atoms with van der Waals surface area (Å²) in [5, 5.41) is 0. The van der Waals surface area contributed by atoms with Gasteiger partial charge in [-0.05, 0) is 6.42 Å². The topological polar surface area (TPSA) is 129 Å². The molecule has 0 amide bonds. The Kier molecular flexibility index (Phi) is 11.3. The van der Waals surface area contributed by atoms with Gasteiger partial charge in [-0.25, -0.2) is 0 Å². The van der Waals surface area contributed by atoms with Crippen molar-refractivity contribution in [3.05, 3.63) is 0 Å². The summed E-state index contributed by atoms with van der Waals surface area (Å²) in [6.07, 6.45) is 0.680. The van der Waals surface area contributed by atoms with Gasteiger partial charge in [0, 0.05) is 6.54 Å². The lowest BCUT2D eigenvalue weighted by Crippen LogP contribution is -2.22. The van der Waals surface area contributed by atoms with E-state index < -0.39 is 10.3 Å². The molecule has 0 rings (SSSR count). The largest absolute Gasteiger partial charge is 0.412 e. The van der Waals surface area contributed by atoms with Crippen LogP contribution in [0, 0.1) is 0 Å².